The van der Waals surface area contributed by atoms with Crippen LogP contribution in [0.3, 0.4) is 0 Å². The molecular weight excluding hydrogens is 272 g/mol. The first-order chi connectivity index (χ1) is 9.61. The van der Waals surface area contributed by atoms with Gasteiger partial charge in [0.15, 0.2) is 0 Å². The minimum absolute atomic E-state index is 0.0843. The zero-order valence-corrected chi connectivity index (χ0v) is 12.8. The van der Waals surface area contributed by atoms with Crippen LogP contribution in [0.15, 0.2) is 30.3 Å². The van der Waals surface area contributed by atoms with Crippen molar-refractivity contribution in [2.75, 3.05) is 26.7 Å². The van der Waals surface area contributed by atoms with E-state index in [0.29, 0.717) is 10.9 Å². The molecule has 0 aromatic heterocycles. The molecule has 0 aliphatic carbocycles. The molecule has 0 radical (unpaired) electrons. The molecule has 0 spiro atoms. The summed E-state index contributed by atoms with van der Waals surface area (Å²) in [5.74, 6) is 0.652. The second-order valence-corrected chi connectivity index (χ2v) is 5.71. The Morgan fingerprint density at radius 2 is 2.25 bits per heavy atom. The molecule has 1 heterocycles. The first-order valence-electron chi connectivity index (χ1n) is 6.98. The Kier molecular flexibility index (Phi) is 5.21. The van der Waals surface area contributed by atoms with Crippen LogP contribution in [-0.4, -0.2) is 37.5 Å². The van der Waals surface area contributed by atoms with Gasteiger partial charge in [-0.1, -0.05) is 29.8 Å². The molecule has 1 amide bonds. The van der Waals surface area contributed by atoms with Crippen LogP contribution >= 0.6 is 11.6 Å². The van der Waals surface area contributed by atoms with Crippen LogP contribution in [0, 0.1) is 5.92 Å². The second kappa shape index (κ2) is 6.91. The average molecular weight is 293 g/mol. The molecule has 1 fully saturated rings. The third-order valence-corrected chi connectivity index (χ3v) is 4.06. The van der Waals surface area contributed by atoms with Crippen LogP contribution < -0.4 is 5.32 Å². The van der Waals surface area contributed by atoms with Crippen LogP contribution in [0.4, 0.5) is 0 Å². The number of benzene rings is 1. The van der Waals surface area contributed by atoms with Crippen LogP contribution in [-0.2, 0) is 4.79 Å². The number of nitrogens with zero attached hydrogens (tertiary/aromatic N) is 1. The summed E-state index contributed by atoms with van der Waals surface area (Å²) in [6, 6.07) is 7.61. The lowest BCUT2D eigenvalue weighted by molar-refractivity contribution is -0.125. The van der Waals surface area contributed by atoms with E-state index in [1.807, 2.05) is 43.1 Å². The van der Waals surface area contributed by atoms with Crippen molar-refractivity contribution in [1.82, 2.24) is 10.2 Å². The molecule has 1 aromatic carbocycles. The number of carbonyl (C=O) groups excluding carboxylic acids is 1. The molecule has 0 bridgehead atoms. The smallest absolute Gasteiger partial charge is 0.246 e. The molecule has 1 atom stereocenters. The van der Waals surface area contributed by atoms with E-state index in [-0.39, 0.29) is 5.91 Å². The minimum atomic E-state index is 0.0843. The van der Waals surface area contributed by atoms with Crippen molar-refractivity contribution in [3.05, 3.63) is 40.9 Å². The highest BCUT2D eigenvalue weighted by Crippen LogP contribution is 2.24. The highest BCUT2D eigenvalue weighted by Gasteiger charge is 2.24. The van der Waals surface area contributed by atoms with Crippen LogP contribution in [0.2, 0.25) is 5.02 Å². The predicted molar refractivity (Wildman–Crippen MR) is 83.7 cm³/mol. The van der Waals surface area contributed by atoms with Crippen molar-refractivity contribution in [2.45, 2.75) is 13.3 Å². The number of amides is 1. The van der Waals surface area contributed by atoms with E-state index in [1.165, 1.54) is 0 Å². The van der Waals surface area contributed by atoms with E-state index >= 15 is 0 Å². The van der Waals surface area contributed by atoms with Crippen LogP contribution in [0.5, 0.6) is 0 Å². The summed E-state index contributed by atoms with van der Waals surface area (Å²) in [6.45, 7) is 4.58. The summed E-state index contributed by atoms with van der Waals surface area (Å²) in [7, 11) is 1.95. The van der Waals surface area contributed by atoms with Gasteiger partial charge in [0.25, 0.3) is 0 Å². The standard InChI is InChI=1S/C16H21ClN2O/c1-12(14-5-3-4-6-15(14)17)9-16(20)19-8-7-13(11-19)10-18-2/h3-6,9,13,18H,7-8,10-11H2,1-2H3/b12-9-. The second-order valence-electron chi connectivity index (χ2n) is 5.30. The van der Waals surface area contributed by atoms with Crippen LogP contribution in [0.1, 0.15) is 18.9 Å². The molecular formula is C16H21ClN2O. The number of hydrogen-bond acceptors (Lipinski definition) is 2. The lowest BCUT2D eigenvalue weighted by atomic mass is 10.1. The van der Waals surface area contributed by atoms with Gasteiger partial charge in [0.2, 0.25) is 5.91 Å². The van der Waals surface area contributed by atoms with Gasteiger partial charge in [-0.3, -0.25) is 4.79 Å². The van der Waals surface area contributed by atoms with Gasteiger partial charge < -0.3 is 10.2 Å². The summed E-state index contributed by atoms with van der Waals surface area (Å²) in [6.07, 6.45) is 2.77. The van der Waals surface area contributed by atoms with Crippen molar-refractivity contribution in [1.29, 1.82) is 0 Å². The zero-order valence-electron chi connectivity index (χ0n) is 12.0. The van der Waals surface area contributed by atoms with Crippen molar-refractivity contribution >= 4 is 23.1 Å². The third kappa shape index (κ3) is 3.62. The topological polar surface area (TPSA) is 32.3 Å². The molecule has 4 heteroatoms. The Balaban J connectivity index is 2.04. The number of allylic oxidation sites excluding steroid dienone is 1. The molecule has 1 unspecified atom stereocenters. The quantitative estimate of drug-likeness (QED) is 0.866. The molecule has 1 aromatic rings. The SMILES string of the molecule is CNCC1CCN(C(=O)/C=C(/C)c2ccccc2Cl)C1. The van der Waals surface area contributed by atoms with Gasteiger partial charge in [0.05, 0.1) is 0 Å². The van der Waals surface area contributed by atoms with E-state index < -0.39 is 0 Å². The maximum absolute atomic E-state index is 12.3. The summed E-state index contributed by atoms with van der Waals surface area (Å²) in [4.78, 5) is 14.2. The van der Waals surface area contributed by atoms with Gasteiger partial charge in [-0.15, -0.1) is 0 Å². The Labute approximate surface area is 125 Å². The van der Waals surface area contributed by atoms with Crippen molar-refractivity contribution in [3.8, 4) is 0 Å². The first-order valence-corrected chi connectivity index (χ1v) is 7.36. The molecule has 1 N–H and O–H groups in total. The number of carbonyl (C=O) groups is 1. The van der Waals surface area contributed by atoms with Gasteiger partial charge in [-0.2, -0.15) is 0 Å². The number of nitrogens with one attached hydrogen (secondary N) is 1. The Morgan fingerprint density at radius 3 is 2.95 bits per heavy atom. The molecule has 0 saturated carbocycles. The molecule has 108 valence electrons. The number of likely N-dealkylation sites (tertiary alicyclic amines) is 1. The molecule has 1 aliphatic heterocycles. The van der Waals surface area contributed by atoms with E-state index in [2.05, 4.69) is 5.32 Å². The number of halogens is 1. The van der Waals surface area contributed by atoms with Gasteiger partial charge in [-0.25, -0.2) is 0 Å². The van der Waals surface area contributed by atoms with Crippen molar-refractivity contribution in [2.24, 2.45) is 5.92 Å². The number of hydrogen-bond donors (Lipinski definition) is 1. The fraction of sp³-hybridized carbons (Fsp3) is 0.438. The molecule has 2 rings (SSSR count). The predicted octanol–water partition coefficient (Wildman–Crippen LogP) is 2.81. The summed E-state index contributed by atoms with van der Waals surface area (Å²) in [5.41, 5.74) is 1.84. The molecule has 1 saturated heterocycles. The molecule has 1 aliphatic rings. The first kappa shape index (κ1) is 15.1. The highest BCUT2D eigenvalue weighted by atomic mass is 35.5. The summed E-state index contributed by atoms with van der Waals surface area (Å²) < 4.78 is 0. The van der Waals surface area contributed by atoms with E-state index in [4.69, 9.17) is 11.6 Å². The zero-order chi connectivity index (χ0) is 14.5. The monoisotopic (exact) mass is 292 g/mol. The maximum atomic E-state index is 12.3. The van der Waals surface area contributed by atoms with Gasteiger partial charge in [0.1, 0.15) is 0 Å². The third-order valence-electron chi connectivity index (χ3n) is 3.73. The lowest BCUT2D eigenvalue weighted by Crippen LogP contribution is -2.29. The molecule has 20 heavy (non-hydrogen) atoms. The van der Waals surface area contributed by atoms with Crippen molar-refractivity contribution in [3.63, 3.8) is 0 Å². The van der Waals surface area contributed by atoms with E-state index in [0.717, 1.165) is 37.2 Å². The van der Waals surface area contributed by atoms with Crippen molar-refractivity contribution < 1.29 is 4.79 Å². The Morgan fingerprint density at radius 1 is 1.50 bits per heavy atom. The fourth-order valence-electron chi connectivity index (χ4n) is 2.62. The van der Waals surface area contributed by atoms with E-state index in [9.17, 15) is 4.79 Å². The largest absolute Gasteiger partial charge is 0.339 e. The van der Waals surface area contributed by atoms with Gasteiger partial charge >= 0.3 is 0 Å². The lowest BCUT2D eigenvalue weighted by Gasteiger charge is -2.15. The maximum Gasteiger partial charge on any atom is 0.246 e. The normalized spacial score (nSPS) is 19.4. The number of rotatable bonds is 4. The minimum Gasteiger partial charge on any atom is -0.339 e. The van der Waals surface area contributed by atoms with Crippen LogP contribution in [0.25, 0.3) is 5.57 Å². The summed E-state index contributed by atoms with van der Waals surface area (Å²) in [5, 5.41) is 3.86. The van der Waals surface area contributed by atoms with Gasteiger partial charge in [0, 0.05) is 24.2 Å². The molecule has 3 nitrogen and oxygen atoms in total. The Bertz CT molecular complexity index is 513. The Hall–Kier alpha value is -1.32. The average Bonchev–Trinajstić information content (AvgIpc) is 2.88. The fourth-order valence-corrected chi connectivity index (χ4v) is 2.91. The van der Waals surface area contributed by atoms with E-state index in [1.54, 1.807) is 6.08 Å². The summed E-state index contributed by atoms with van der Waals surface area (Å²) >= 11 is 6.15. The van der Waals surface area contributed by atoms with Gasteiger partial charge in [-0.05, 0) is 50.1 Å². The highest BCUT2D eigenvalue weighted by molar-refractivity contribution is 6.32.